The van der Waals surface area contributed by atoms with Crippen molar-refractivity contribution in [2.45, 2.75) is 38.6 Å². The molecule has 1 fully saturated rings. The van der Waals surface area contributed by atoms with Crippen LogP contribution in [0, 0.1) is 5.82 Å². The number of hydrogen-bond donors (Lipinski definition) is 2. The van der Waals surface area contributed by atoms with Gasteiger partial charge >= 0.3 is 0 Å². The third kappa shape index (κ3) is 2.81. The molecule has 1 aliphatic rings. The van der Waals surface area contributed by atoms with E-state index in [0.29, 0.717) is 17.8 Å². The van der Waals surface area contributed by atoms with Gasteiger partial charge in [0.05, 0.1) is 11.3 Å². The monoisotopic (exact) mass is 250 g/mol. The molecule has 0 spiro atoms. The van der Waals surface area contributed by atoms with Gasteiger partial charge in [0.1, 0.15) is 5.82 Å². The maximum absolute atomic E-state index is 13.7. The van der Waals surface area contributed by atoms with Crippen molar-refractivity contribution in [3.8, 4) is 0 Å². The molecule has 0 aromatic heterocycles. The van der Waals surface area contributed by atoms with Crippen molar-refractivity contribution >= 4 is 11.6 Å². The predicted molar refractivity (Wildman–Crippen MR) is 70.3 cm³/mol. The summed E-state index contributed by atoms with van der Waals surface area (Å²) in [5.41, 5.74) is 0.714. The van der Waals surface area contributed by atoms with Gasteiger partial charge in [0, 0.05) is 12.6 Å². The van der Waals surface area contributed by atoms with Gasteiger partial charge in [0.2, 0.25) is 0 Å². The normalized spacial score (nSPS) is 15.0. The Morgan fingerprint density at radius 3 is 2.83 bits per heavy atom. The Labute approximate surface area is 107 Å². The maximum Gasteiger partial charge on any atom is 0.253 e. The summed E-state index contributed by atoms with van der Waals surface area (Å²) in [4.78, 5) is 12.1. The molecule has 4 heteroatoms. The molecule has 1 aliphatic carbocycles. The second-order valence-electron chi connectivity index (χ2n) is 4.69. The fraction of sp³-hybridized carbons (Fsp3) is 0.500. The summed E-state index contributed by atoms with van der Waals surface area (Å²) in [5, 5.41) is 5.92. The molecular formula is C14H19FN2O. The van der Waals surface area contributed by atoms with Crippen molar-refractivity contribution in [1.82, 2.24) is 5.32 Å². The number of hydrogen-bond acceptors (Lipinski definition) is 2. The lowest BCUT2D eigenvalue weighted by atomic mass is 9.93. The van der Waals surface area contributed by atoms with Crippen molar-refractivity contribution in [2.75, 3.05) is 11.9 Å². The first kappa shape index (κ1) is 12.9. The van der Waals surface area contributed by atoms with E-state index in [-0.39, 0.29) is 17.8 Å². The second-order valence-corrected chi connectivity index (χ2v) is 4.69. The number of carbonyl (C=O) groups excluding carboxylic acids is 1. The van der Waals surface area contributed by atoms with Gasteiger partial charge in [-0.15, -0.1) is 0 Å². The summed E-state index contributed by atoms with van der Waals surface area (Å²) in [6, 6.07) is 4.87. The highest BCUT2D eigenvalue weighted by Crippen LogP contribution is 2.22. The van der Waals surface area contributed by atoms with Crippen LogP contribution in [0.4, 0.5) is 10.1 Å². The molecule has 1 amide bonds. The Hall–Kier alpha value is -1.58. The lowest BCUT2D eigenvalue weighted by molar-refractivity contribution is 0.0917. The van der Waals surface area contributed by atoms with Crippen molar-refractivity contribution in [3.05, 3.63) is 29.6 Å². The number of para-hydroxylation sites is 1. The molecule has 0 radical (unpaired) electrons. The molecule has 18 heavy (non-hydrogen) atoms. The molecule has 1 saturated carbocycles. The average Bonchev–Trinajstić information content (AvgIpc) is 2.32. The Morgan fingerprint density at radius 2 is 2.22 bits per heavy atom. The summed E-state index contributed by atoms with van der Waals surface area (Å²) in [6.45, 7) is 2.66. The first-order chi connectivity index (χ1) is 8.72. The van der Waals surface area contributed by atoms with Crippen LogP contribution in [0.2, 0.25) is 0 Å². The molecule has 0 saturated heterocycles. The molecular weight excluding hydrogens is 231 g/mol. The van der Waals surface area contributed by atoms with Crippen molar-refractivity contribution in [2.24, 2.45) is 0 Å². The Bertz CT molecular complexity index is 430. The quantitative estimate of drug-likeness (QED) is 0.843. The maximum atomic E-state index is 13.7. The van der Waals surface area contributed by atoms with Crippen LogP contribution < -0.4 is 10.6 Å². The van der Waals surface area contributed by atoms with E-state index < -0.39 is 0 Å². The van der Waals surface area contributed by atoms with Crippen molar-refractivity contribution < 1.29 is 9.18 Å². The van der Waals surface area contributed by atoms with E-state index in [1.807, 2.05) is 6.92 Å². The molecule has 1 aromatic carbocycles. The fourth-order valence-corrected chi connectivity index (χ4v) is 1.96. The molecule has 2 rings (SSSR count). The van der Waals surface area contributed by atoms with Gasteiger partial charge < -0.3 is 10.6 Å². The van der Waals surface area contributed by atoms with Crippen LogP contribution in [0.15, 0.2) is 18.2 Å². The highest BCUT2D eigenvalue weighted by molar-refractivity contribution is 5.99. The van der Waals surface area contributed by atoms with Crippen LogP contribution in [0.1, 0.15) is 43.0 Å². The highest BCUT2D eigenvalue weighted by atomic mass is 19.1. The van der Waals surface area contributed by atoms with Gasteiger partial charge in [-0.05, 0) is 37.8 Å². The summed E-state index contributed by atoms with van der Waals surface area (Å²) in [7, 11) is 0. The topological polar surface area (TPSA) is 41.1 Å². The van der Waals surface area contributed by atoms with Gasteiger partial charge in [-0.1, -0.05) is 13.0 Å². The van der Waals surface area contributed by atoms with Crippen LogP contribution >= 0.6 is 0 Å². The molecule has 1 aromatic rings. The minimum absolute atomic E-state index is 0.183. The summed E-state index contributed by atoms with van der Waals surface area (Å²) in [6.07, 6.45) is 4.10. The molecule has 98 valence electrons. The Balaban J connectivity index is 2.13. The molecule has 0 bridgehead atoms. The van der Waals surface area contributed by atoms with E-state index in [0.717, 1.165) is 25.7 Å². The van der Waals surface area contributed by atoms with E-state index in [4.69, 9.17) is 0 Å². The first-order valence-electron chi connectivity index (χ1n) is 6.55. The zero-order chi connectivity index (χ0) is 13.0. The number of benzene rings is 1. The Morgan fingerprint density at radius 1 is 1.44 bits per heavy atom. The number of amides is 1. The fourth-order valence-electron chi connectivity index (χ4n) is 1.96. The number of anilines is 1. The van der Waals surface area contributed by atoms with E-state index >= 15 is 0 Å². The predicted octanol–water partition coefficient (Wildman–Crippen LogP) is 2.93. The summed E-state index contributed by atoms with van der Waals surface area (Å²) in [5.74, 6) is -0.553. The minimum Gasteiger partial charge on any atom is -0.382 e. The molecule has 3 nitrogen and oxygen atoms in total. The van der Waals surface area contributed by atoms with E-state index in [9.17, 15) is 9.18 Å². The smallest absolute Gasteiger partial charge is 0.253 e. The number of carbonyl (C=O) groups is 1. The molecule has 0 aliphatic heterocycles. The van der Waals surface area contributed by atoms with Crippen molar-refractivity contribution in [1.29, 1.82) is 0 Å². The van der Waals surface area contributed by atoms with Crippen LogP contribution in [0.25, 0.3) is 0 Å². The van der Waals surface area contributed by atoms with Gasteiger partial charge in [0.25, 0.3) is 5.91 Å². The zero-order valence-corrected chi connectivity index (χ0v) is 10.6. The lowest BCUT2D eigenvalue weighted by Crippen LogP contribution is -2.39. The van der Waals surface area contributed by atoms with Crippen LogP contribution in [0.3, 0.4) is 0 Å². The molecule has 0 heterocycles. The second kappa shape index (κ2) is 5.85. The largest absolute Gasteiger partial charge is 0.382 e. The third-order valence-corrected chi connectivity index (χ3v) is 3.25. The van der Waals surface area contributed by atoms with Crippen molar-refractivity contribution in [3.63, 3.8) is 0 Å². The number of rotatable bonds is 5. The standard InChI is InChI=1S/C14H19FN2O/c1-2-9-16-13-11(7-4-8-12(13)15)14(18)17-10-5-3-6-10/h4,7-8,10,16H,2-3,5-6,9H2,1H3,(H,17,18). The number of halogens is 1. The summed E-state index contributed by atoms with van der Waals surface area (Å²) >= 11 is 0. The number of nitrogens with one attached hydrogen (secondary N) is 2. The average molecular weight is 250 g/mol. The van der Waals surface area contributed by atoms with Crippen LogP contribution in [0.5, 0.6) is 0 Å². The third-order valence-electron chi connectivity index (χ3n) is 3.25. The first-order valence-corrected chi connectivity index (χ1v) is 6.55. The Kier molecular flexibility index (Phi) is 4.18. The minimum atomic E-state index is -0.371. The van der Waals surface area contributed by atoms with Gasteiger partial charge in [-0.2, -0.15) is 0 Å². The van der Waals surface area contributed by atoms with Crippen LogP contribution in [-0.2, 0) is 0 Å². The van der Waals surface area contributed by atoms with Gasteiger partial charge in [-0.25, -0.2) is 4.39 Å². The van der Waals surface area contributed by atoms with E-state index in [1.54, 1.807) is 12.1 Å². The lowest BCUT2D eigenvalue weighted by Gasteiger charge is -2.26. The SMILES string of the molecule is CCCNc1c(F)cccc1C(=O)NC1CCC1. The van der Waals surface area contributed by atoms with Gasteiger partial charge in [0.15, 0.2) is 0 Å². The zero-order valence-electron chi connectivity index (χ0n) is 10.6. The molecule has 0 unspecified atom stereocenters. The van der Waals surface area contributed by atoms with E-state index in [2.05, 4.69) is 10.6 Å². The van der Waals surface area contributed by atoms with Crippen LogP contribution in [-0.4, -0.2) is 18.5 Å². The summed E-state index contributed by atoms with van der Waals surface area (Å²) < 4.78 is 13.7. The van der Waals surface area contributed by atoms with Gasteiger partial charge in [-0.3, -0.25) is 4.79 Å². The molecule has 0 atom stereocenters. The van der Waals surface area contributed by atoms with E-state index in [1.165, 1.54) is 6.07 Å². The highest BCUT2D eigenvalue weighted by Gasteiger charge is 2.22. The molecule has 2 N–H and O–H groups in total.